The third kappa shape index (κ3) is 7.12. The first kappa shape index (κ1) is 20.8. The Kier molecular flexibility index (Phi) is 8.07. The van der Waals surface area contributed by atoms with Gasteiger partial charge in [-0.05, 0) is 51.0 Å². The fourth-order valence-electron chi connectivity index (χ4n) is 2.43. The first-order chi connectivity index (χ1) is 10.8. The number of nitrogens with one attached hydrogen (secondary N) is 1. The molecule has 0 spiro atoms. The average Bonchev–Trinajstić information content (AvgIpc) is 2.47. The molecule has 0 amide bonds. The third-order valence-electron chi connectivity index (χ3n) is 3.73. The van der Waals surface area contributed by atoms with Crippen LogP contribution < -0.4 is 15.8 Å². The van der Waals surface area contributed by atoms with E-state index in [2.05, 4.69) is 27.0 Å². The number of alkyl halides is 3. The second-order valence-electron chi connectivity index (χ2n) is 5.64. The quantitative estimate of drug-likeness (QED) is 0.413. The fourth-order valence-corrected chi connectivity index (χ4v) is 2.43. The first-order valence-corrected chi connectivity index (χ1v) is 7.44. The van der Waals surface area contributed by atoms with Crippen molar-refractivity contribution >= 4 is 35.6 Å². The lowest BCUT2D eigenvalue weighted by molar-refractivity contribution is -0.274. The maximum absolute atomic E-state index is 12.4. The summed E-state index contributed by atoms with van der Waals surface area (Å²) in [4.78, 5) is 6.49. The highest BCUT2D eigenvalue weighted by atomic mass is 127. The summed E-state index contributed by atoms with van der Waals surface area (Å²) in [6.07, 6.45) is -2.67. The van der Waals surface area contributed by atoms with Gasteiger partial charge in [0, 0.05) is 6.54 Å². The molecule has 136 valence electrons. The zero-order chi connectivity index (χ0) is 16.9. The smallest absolute Gasteiger partial charge is 0.404 e. The van der Waals surface area contributed by atoms with Crippen LogP contribution in [-0.4, -0.2) is 43.9 Å². The molecule has 0 unspecified atom stereocenters. The molecule has 0 atom stereocenters. The molecule has 1 aliphatic heterocycles. The minimum Gasteiger partial charge on any atom is -0.404 e. The van der Waals surface area contributed by atoms with Crippen LogP contribution in [-0.2, 0) is 0 Å². The van der Waals surface area contributed by atoms with Crippen molar-refractivity contribution < 1.29 is 17.9 Å². The normalized spacial score (nSPS) is 17.2. The summed E-state index contributed by atoms with van der Waals surface area (Å²) in [5.41, 5.74) is 5.91. The molecule has 9 heteroatoms. The molecule has 24 heavy (non-hydrogen) atoms. The number of halogens is 4. The van der Waals surface area contributed by atoms with Gasteiger partial charge in [0.25, 0.3) is 0 Å². The summed E-state index contributed by atoms with van der Waals surface area (Å²) < 4.78 is 41.1. The Balaban J connectivity index is 0.00000288. The van der Waals surface area contributed by atoms with Crippen LogP contribution >= 0.6 is 24.0 Å². The van der Waals surface area contributed by atoms with Gasteiger partial charge in [0.15, 0.2) is 11.7 Å². The van der Waals surface area contributed by atoms with Gasteiger partial charge in [-0.1, -0.05) is 12.1 Å². The number of guanidine groups is 1. The van der Waals surface area contributed by atoms with E-state index >= 15 is 0 Å². The van der Waals surface area contributed by atoms with E-state index in [9.17, 15) is 13.2 Å². The number of hydrogen-bond donors (Lipinski definition) is 2. The number of nitrogens with zero attached hydrogens (tertiary/aromatic N) is 2. The molecule has 0 aliphatic carbocycles. The Morgan fingerprint density at radius 2 is 1.96 bits per heavy atom. The van der Waals surface area contributed by atoms with Crippen LogP contribution in [0.15, 0.2) is 29.3 Å². The molecule has 2 rings (SSSR count). The molecule has 1 aromatic rings. The number of piperidine rings is 1. The summed E-state index contributed by atoms with van der Waals surface area (Å²) in [6.45, 7) is 2.61. The molecule has 1 aliphatic rings. The maximum atomic E-state index is 12.4. The monoisotopic (exact) mass is 458 g/mol. The highest BCUT2D eigenvalue weighted by Crippen LogP contribution is 2.29. The number of aliphatic imine (C=N–C) groups is 1. The van der Waals surface area contributed by atoms with Crippen LogP contribution in [0.2, 0.25) is 0 Å². The molecule has 1 heterocycles. The largest absolute Gasteiger partial charge is 0.573 e. The molecule has 0 saturated carbocycles. The van der Waals surface area contributed by atoms with Gasteiger partial charge in [0.1, 0.15) is 0 Å². The summed E-state index contributed by atoms with van der Waals surface area (Å²) in [5.74, 6) is 0.202. The van der Waals surface area contributed by atoms with E-state index in [1.807, 2.05) is 0 Å². The standard InChI is InChI=1S/C15H21F3N4O.HI/c1-22-8-6-11(7-9-22)10-20-14(19)21-12-4-2-3-5-13(12)23-15(16,17)18;/h2-5,11H,6-10H2,1H3,(H3,19,20,21);1H. The van der Waals surface area contributed by atoms with Gasteiger partial charge >= 0.3 is 6.36 Å². The van der Waals surface area contributed by atoms with Crippen molar-refractivity contribution in [3.05, 3.63) is 24.3 Å². The van der Waals surface area contributed by atoms with E-state index in [1.165, 1.54) is 18.2 Å². The van der Waals surface area contributed by atoms with Gasteiger partial charge in [0.05, 0.1) is 5.69 Å². The number of para-hydroxylation sites is 2. The number of benzene rings is 1. The third-order valence-corrected chi connectivity index (χ3v) is 3.73. The van der Waals surface area contributed by atoms with Crippen LogP contribution in [0.1, 0.15) is 12.8 Å². The minimum atomic E-state index is -4.75. The van der Waals surface area contributed by atoms with Crippen molar-refractivity contribution in [3.8, 4) is 5.75 Å². The second-order valence-corrected chi connectivity index (χ2v) is 5.64. The van der Waals surface area contributed by atoms with Gasteiger partial charge in [-0.3, -0.25) is 4.99 Å². The summed E-state index contributed by atoms with van der Waals surface area (Å²) in [6, 6.07) is 5.73. The molecular weight excluding hydrogens is 436 g/mol. The Morgan fingerprint density at radius 1 is 1.33 bits per heavy atom. The van der Waals surface area contributed by atoms with E-state index in [0.717, 1.165) is 25.9 Å². The van der Waals surface area contributed by atoms with E-state index in [-0.39, 0.29) is 41.4 Å². The van der Waals surface area contributed by atoms with Crippen molar-refractivity contribution in [3.63, 3.8) is 0 Å². The molecule has 0 radical (unpaired) electrons. The Morgan fingerprint density at radius 3 is 2.58 bits per heavy atom. The molecule has 1 aromatic carbocycles. The molecular formula is C15H22F3IN4O. The van der Waals surface area contributed by atoms with Crippen LogP contribution in [0.4, 0.5) is 18.9 Å². The first-order valence-electron chi connectivity index (χ1n) is 7.44. The predicted octanol–water partition coefficient (Wildman–Crippen LogP) is 3.27. The van der Waals surface area contributed by atoms with E-state index < -0.39 is 6.36 Å². The van der Waals surface area contributed by atoms with Gasteiger partial charge < -0.3 is 20.7 Å². The van der Waals surface area contributed by atoms with Gasteiger partial charge in [-0.2, -0.15) is 0 Å². The van der Waals surface area contributed by atoms with Crippen molar-refractivity contribution in [1.29, 1.82) is 0 Å². The fraction of sp³-hybridized carbons (Fsp3) is 0.533. The molecule has 0 aromatic heterocycles. The highest BCUT2D eigenvalue weighted by Gasteiger charge is 2.32. The number of likely N-dealkylation sites (tertiary alicyclic amines) is 1. The zero-order valence-electron chi connectivity index (χ0n) is 13.3. The van der Waals surface area contributed by atoms with Gasteiger partial charge in [-0.25, -0.2) is 0 Å². The van der Waals surface area contributed by atoms with Crippen molar-refractivity contribution in [1.82, 2.24) is 4.90 Å². The Hall–Kier alpha value is -1.23. The lowest BCUT2D eigenvalue weighted by Crippen LogP contribution is -2.32. The molecule has 5 nitrogen and oxygen atoms in total. The number of anilines is 1. The summed E-state index contributed by atoms with van der Waals surface area (Å²) in [7, 11) is 2.08. The van der Waals surface area contributed by atoms with E-state index in [1.54, 1.807) is 6.07 Å². The molecule has 1 fully saturated rings. The molecule has 0 bridgehead atoms. The van der Waals surface area contributed by atoms with Crippen molar-refractivity contribution in [2.45, 2.75) is 19.2 Å². The average molecular weight is 458 g/mol. The Bertz CT molecular complexity index is 546. The van der Waals surface area contributed by atoms with E-state index in [0.29, 0.717) is 12.5 Å². The lowest BCUT2D eigenvalue weighted by atomic mass is 9.97. The number of nitrogens with two attached hydrogens (primary N) is 1. The number of rotatable bonds is 4. The van der Waals surface area contributed by atoms with Crippen LogP contribution in [0.25, 0.3) is 0 Å². The topological polar surface area (TPSA) is 62.9 Å². The lowest BCUT2D eigenvalue weighted by Gasteiger charge is -2.27. The highest BCUT2D eigenvalue weighted by molar-refractivity contribution is 14.0. The molecule has 1 saturated heterocycles. The minimum absolute atomic E-state index is 0. The van der Waals surface area contributed by atoms with Gasteiger partial charge in [-0.15, -0.1) is 37.1 Å². The summed E-state index contributed by atoms with van der Waals surface area (Å²) in [5, 5.41) is 2.67. The van der Waals surface area contributed by atoms with Gasteiger partial charge in [0.2, 0.25) is 0 Å². The predicted molar refractivity (Wildman–Crippen MR) is 98.9 cm³/mol. The van der Waals surface area contributed by atoms with Crippen LogP contribution in [0.5, 0.6) is 5.75 Å². The Labute approximate surface area is 156 Å². The maximum Gasteiger partial charge on any atom is 0.573 e. The zero-order valence-corrected chi connectivity index (χ0v) is 15.7. The van der Waals surface area contributed by atoms with Crippen molar-refractivity contribution in [2.24, 2.45) is 16.6 Å². The van der Waals surface area contributed by atoms with Crippen LogP contribution in [0.3, 0.4) is 0 Å². The molecule has 3 N–H and O–H groups in total. The number of hydrogen-bond acceptors (Lipinski definition) is 3. The second kappa shape index (κ2) is 9.30. The van der Waals surface area contributed by atoms with Crippen molar-refractivity contribution in [2.75, 3.05) is 32.0 Å². The number of ether oxygens (including phenoxy) is 1. The van der Waals surface area contributed by atoms with Crippen LogP contribution in [0, 0.1) is 5.92 Å². The summed E-state index contributed by atoms with van der Waals surface area (Å²) >= 11 is 0. The SMILES string of the molecule is CN1CCC(CN=C(N)Nc2ccccc2OC(F)(F)F)CC1.I. The van der Waals surface area contributed by atoms with E-state index in [4.69, 9.17) is 5.73 Å².